The number of rotatable bonds is 10. The van der Waals surface area contributed by atoms with E-state index in [1.807, 2.05) is 66.7 Å². The Hall–Kier alpha value is -4.52. The molecule has 198 valence electrons. The van der Waals surface area contributed by atoms with Gasteiger partial charge in [0.1, 0.15) is 17.3 Å². The highest BCUT2D eigenvalue weighted by Crippen LogP contribution is 2.28. The fourth-order valence-corrected chi connectivity index (χ4v) is 5.63. The van der Waals surface area contributed by atoms with Crippen LogP contribution in [-0.4, -0.2) is 41.5 Å². The second-order valence-corrected chi connectivity index (χ2v) is 10.6. The minimum absolute atomic E-state index is 0.0910. The van der Waals surface area contributed by atoms with Crippen molar-refractivity contribution in [2.45, 2.75) is 25.3 Å². The van der Waals surface area contributed by atoms with Gasteiger partial charge in [-0.05, 0) is 35.9 Å². The second kappa shape index (κ2) is 12.3. The lowest BCUT2D eigenvalue weighted by atomic mass is 10.1. The summed E-state index contributed by atoms with van der Waals surface area (Å²) < 4.78 is 29.4. The first kappa shape index (κ1) is 27.5. The Labute approximate surface area is 228 Å². The lowest BCUT2D eigenvalue weighted by Gasteiger charge is -2.18. The van der Waals surface area contributed by atoms with E-state index < -0.39 is 15.9 Å². The predicted octanol–water partition coefficient (Wildman–Crippen LogP) is 4.79. The number of hydrogen-bond donors (Lipinski definition) is 1. The van der Waals surface area contributed by atoms with Gasteiger partial charge in [-0.2, -0.15) is 14.7 Å². The maximum Gasteiger partial charge on any atom is 0.262 e. The van der Waals surface area contributed by atoms with E-state index in [4.69, 9.17) is 5.10 Å². The summed E-state index contributed by atoms with van der Waals surface area (Å²) in [5, 5.41) is 17.3. The Morgan fingerprint density at radius 2 is 1.67 bits per heavy atom. The van der Waals surface area contributed by atoms with Crippen molar-refractivity contribution in [3.63, 3.8) is 0 Å². The number of benzene rings is 3. The molecule has 8 nitrogen and oxygen atoms in total. The molecule has 4 aromatic rings. The summed E-state index contributed by atoms with van der Waals surface area (Å²) in [5.41, 5.74) is 3.09. The van der Waals surface area contributed by atoms with Gasteiger partial charge in [0.25, 0.3) is 5.91 Å². The molecule has 39 heavy (non-hydrogen) atoms. The number of nitrogens with zero attached hydrogens (tertiary/aromatic N) is 4. The van der Waals surface area contributed by atoms with Gasteiger partial charge < -0.3 is 5.32 Å². The molecule has 3 aromatic carbocycles. The fourth-order valence-electron chi connectivity index (χ4n) is 4.12. The average Bonchev–Trinajstić information content (AvgIpc) is 3.40. The number of carbonyl (C=O) groups is 1. The second-order valence-electron chi connectivity index (χ2n) is 8.67. The molecule has 1 amide bonds. The number of carbonyl (C=O) groups excluding carboxylic acids is 1. The van der Waals surface area contributed by atoms with E-state index in [-0.39, 0.29) is 17.0 Å². The van der Waals surface area contributed by atoms with Crippen LogP contribution in [0.4, 0.5) is 0 Å². The number of amides is 1. The first-order valence-electron chi connectivity index (χ1n) is 12.6. The summed E-state index contributed by atoms with van der Waals surface area (Å²) in [6.07, 6.45) is 3.20. The Morgan fingerprint density at radius 1 is 1.00 bits per heavy atom. The fraction of sp³-hybridized carbons (Fsp3) is 0.167. The van der Waals surface area contributed by atoms with Gasteiger partial charge >= 0.3 is 0 Å². The van der Waals surface area contributed by atoms with E-state index in [2.05, 4.69) is 5.32 Å². The van der Waals surface area contributed by atoms with E-state index in [0.29, 0.717) is 29.9 Å². The van der Waals surface area contributed by atoms with Crippen molar-refractivity contribution in [3.8, 4) is 23.0 Å². The van der Waals surface area contributed by atoms with Crippen molar-refractivity contribution in [3.05, 3.63) is 108 Å². The minimum atomic E-state index is -3.70. The molecule has 1 heterocycles. The Balaban J connectivity index is 1.76. The first-order valence-corrected chi connectivity index (χ1v) is 14.0. The Morgan fingerprint density at radius 3 is 2.31 bits per heavy atom. The molecule has 0 spiro atoms. The zero-order valence-corrected chi connectivity index (χ0v) is 22.6. The lowest BCUT2D eigenvalue weighted by molar-refractivity contribution is -0.117. The normalized spacial score (nSPS) is 11.8. The third kappa shape index (κ3) is 6.32. The molecule has 0 unspecified atom stereocenters. The van der Waals surface area contributed by atoms with Gasteiger partial charge in [-0.1, -0.05) is 74.5 Å². The molecule has 4 rings (SSSR count). The number of aromatic nitrogens is 2. The van der Waals surface area contributed by atoms with Crippen molar-refractivity contribution in [2.75, 3.05) is 13.1 Å². The molecule has 9 heteroatoms. The van der Waals surface area contributed by atoms with Crippen LogP contribution in [0.15, 0.2) is 102 Å². The Kier molecular flexibility index (Phi) is 8.71. The van der Waals surface area contributed by atoms with E-state index in [0.717, 1.165) is 11.3 Å². The van der Waals surface area contributed by atoms with Crippen molar-refractivity contribution in [2.24, 2.45) is 0 Å². The molecule has 0 saturated heterocycles. The molecule has 0 saturated carbocycles. The molecule has 1 N–H and O–H groups in total. The quantitative estimate of drug-likeness (QED) is 0.230. The molecule has 1 aromatic heterocycles. The van der Waals surface area contributed by atoms with Gasteiger partial charge in [0.15, 0.2) is 0 Å². The molecule has 0 fully saturated rings. The molecule has 0 aliphatic carbocycles. The summed E-state index contributed by atoms with van der Waals surface area (Å²) in [7, 11) is -3.70. The van der Waals surface area contributed by atoms with Gasteiger partial charge in [0.05, 0.1) is 10.6 Å². The van der Waals surface area contributed by atoms with E-state index in [1.165, 1.54) is 10.4 Å². The largest absolute Gasteiger partial charge is 0.347 e. The Bertz CT molecular complexity index is 1620. The highest BCUT2D eigenvalue weighted by molar-refractivity contribution is 7.89. The number of para-hydroxylation sites is 1. The van der Waals surface area contributed by atoms with Crippen LogP contribution in [0.2, 0.25) is 0 Å². The smallest absolute Gasteiger partial charge is 0.262 e. The topological polar surface area (TPSA) is 108 Å². The van der Waals surface area contributed by atoms with Crippen LogP contribution in [-0.2, 0) is 21.4 Å². The van der Waals surface area contributed by atoms with Crippen molar-refractivity contribution in [1.82, 2.24) is 19.4 Å². The minimum Gasteiger partial charge on any atom is -0.347 e. The summed E-state index contributed by atoms with van der Waals surface area (Å²) in [6.45, 7) is 4.57. The van der Waals surface area contributed by atoms with Crippen molar-refractivity contribution >= 4 is 22.0 Å². The highest BCUT2D eigenvalue weighted by Gasteiger charge is 2.23. The predicted molar refractivity (Wildman–Crippen MR) is 151 cm³/mol. The van der Waals surface area contributed by atoms with Crippen molar-refractivity contribution in [1.29, 1.82) is 5.26 Å². The number of nitriles is 1. The van der Waals surface area contributed by atoms with E-state index >= 15 is 0 Å². The summed E-state index contributed by atoms with van der Waals surface area (Å²) in [6, 6.07) is 27.4. The third-order valence-corrected chi connectivity index (χ3v) is 8.22. The zero-order valence-electron chi connectivity index (χ0n) is 21.8. The van der Waals surface area contributed by atoms with E-state index in [1.54, 1.807) is 49.0 Å². The zero-order chi connectivity index (χ0) is 27.8. The van der Waals surface area contributed by atoms with Crippen LogP contribution in [0.1, 0.15) is 25.0 Å². The highest BCUT2D eigenvalue weighted by atomic mass is 32.2. The average molecular weight is 540 g/mol. The van der Waals surface area contributed by atoms with Crippen molar-refractivity contribution < 1.29 is 13.2 Å². The number of nitrogens with one attached hydrogen (secondary N) is 1. The first-order chi connectivity index (χ1) is 18.9. The van der Waals surface area contributed by atoms with Crippen LogP contribution in [0.25, 0.3) is 23.0 Å². The van der Waals surface area contributed by atoms with Gasteiger partial charge in [-0.3, -0.25) is 4.79 Å². The molecule has 0 aliphatic heterocycles. The SMILES string of the molecule is CCN(CC)S(=O)(=O)c1cccc(-c2nn(-c3ccccc3)cc2C=C(C#N)C(=O)NCc2ccccc2)c1. The van der Waals surface area contributed by atoms with Gasteiger partial charge in [-0.15, -0.1) is 0 Å². The lowest BCUT2D eigenvalue weighted by Crippen LogP contribution is -2.30. The molecule has 0 radical (unpaired) electrons. The summed E-state index contributed by atoms with van der Waals surface area (Å²) >= 11 is 0. The summed E-state index contributed by atoms with van der Waals surface area (Å²) in [4.78, 5) is 13.0. The molecular formula is C30H29N5O3S. The van der Waals surface area contributed by atoms with E-state index in [9.17, 15) is 18.5 Å². The molecule has 0 bridgehead atoms. The maximum atomic E-state index is 13.2. The molecular weight excluding hydrogens is 510 g/mol. The van der Waals surface area contributed by atoms with Crippen LogP contribution in [0, 0.1) is 11.3 Å². The van der Waals surface area contributed by atoms with Crippen LogP contribution in [0.3, 0.4) is 0 Å². The van der Waals surface area contributed by atoms with Gasteiger partial charge in [0, 0.05) is 37.0 Å². The third-order valence-electron chi connectivity index (χ3n) is 6.17. The molecule has 0 aliphatic rings. The number of hydrogen-bond acceptors (Lipinski definition) is 5. The van der Waals surface area contributed by atoms with Gasteiger partial charge in [0.2, 0.25) is 10.0 Å². The van der Waals surface area contributed by atoms with Gasteiger partial charge in [-0.25, -0.2) is 13.1 Å². The van der Waals surface area contributed by atoms with Crippen LogP contribution < -0.4 is 5.32 Å². The van der Waals surface area contributed by atoms with Crippen LogP contribution in [0.5, 0.6) is 0 Å². The number of sulfonamides is 1. The van der Waals surface area contributed by atoms with Crippen LogP contribution >= 0.6 is 0 Å². The maximum absolute atomic E-state index is 13.2. The monoisotopic (exact) mass is 539 g/mol. The standard InChI is InChI=1S/C30H29N5O3S/c1-3-34(4-2)39(37,38)28-17-11-14-24(19-28)29-26(22-35(33-29)27-15-9-6-10-16-27)18-25(20-31)30(36)32-21-23-12-7-5-8-13-23/h5-19,22H,3-4,21H2,1-2H3,(H,32,36). The summed E-state index contributed by atoms with van der Waals surface area (Å²) in [5.74, 6) is -0.516. The molecule has 0 atom stereocenters.